The summed E-state index contributed by atoms with van der Waals surface area (Å²) >= 11 is 0. The van der Waals surface area contributed by atoms with E-state index in [2.05, 4.69) is 96.2 Å². The third kappa shape index (κ3) is 2.94. The summed E-state index contributed by atoms with van der Waals surface area (Å²) in [5.74, 6) is 0.570. The van der Waals surface area contributed by atoms with Crippen molar-refractivity contribution in [2.24, 2.45) is 5.92 Å². The molecule has 176 valence electrons. The van der Waals surface area contributed by atoms with E-state index in [9.17, 15) is 0 Å². The van der Waals surface area contributed by atoms with Crippen LogP contribution in [0.4, 0.5) is 0 Å². The van der Waals surface area contributed by atoms with Crippen molar-refractivity contribution < 1.29 is 0 Å². The Bertz CT molecular complexity index is 1220. The van der Waals surface area contributed by atoms with Gasteiger partial charge in [0.2, 0.25) is 0 Å². The van der Waals surface area contributed by atoms with Crippen LogP contribution in [0.5, 0.6) is 0 Å². The molecule has 2 aliphatic carbocycles. The highest BCUT2D eigenvalue weighted by Gasteiger charge is 2.49. The molecule has 0 nitrogen and oxygen atoms in total. The second-order valence-corrected chi connectivity index (χ2v) is 16.4. The summed E-state index contributed by atoms with van der Waals surface area (Å²) in [5.41, 5.74) is 23.7. The highest BCUT2D eigenvalue weighted by atomic mass is 28.3. The van der Waals surface area contributed by atoms with E-state index in [1.165, 1.54) is 50.1 Å². The maximum Gasteiger partial charge on any atom is 0.0888 e. The van der Waals surface area contributed by atoms with Crippen LogP contribution in [-0.2, 0) is 0 Å². The summed E-state index contributed by atoms with van der Waals surface area (Å²) in [5, 5.41) is 1.78. The molecule has 4 rings (SSSR count). The standard InChI is InChI=1S/C32H44Si/c1-15-17(3)23(9)29-27(21(15)7)28-22(8)16(2)18(4)24(10)30(28)32(29)33(13,14)31-25(11)19(5)20(6)26(31)12/h25,32H,1-14H3. The number of fused-ring (bicyclic) bond motifs is 3. The van der Waals surface area contributed by atoms with Gasteiger partial charge in [0.05, 0.1) is 8.07 Å². The van der Waals surface area contributed by atoms with Crippen LogP contribution in [0.25, 0.3) is 11.1 Å². The van der Waals surface area contributed by atoms with Crippen LogP contribution in [0.1, 0.15) is 88.9 Å². The van der Waals surface area contributed by atoms with E-state index in [0.29, 0.717) is 11.5 Å². The second-order valence-electron chi connectivity index (χ2n) is 11.8. The molecule has 2 aromatic rings. The molecular weight excluding hydrogens is 412 g/mol. The molecule has 0 spiro atoms. The summed E-state index contributed by atoms with van der Waals surface area (Å²) in [6.45, 7) is 33.9. The number of hydrogen-bond donors (Lipinski definition) is 0. The van der Waals surface area contributed by atoms with Crippen molar-refractivity contribution in [2.75, 3.05) is 0 Å². The Morgan fingerprint density at radius 3 is 1.18 bits per heavy atom. The Morgan fingerprint density at radius 1 is 0.485 bits per heavy atom. The van der Waals surface area contributed by atoms with Gasteiger partial charge in [0.1, 0.15) is 0 Å². The molecule has 0 radical (unpaired) electrons. The maximum absolute atomic E-state index is 2.67. The van der Waals surface area contributed by atoms with Crippen molar-refractivity contribution in [3.63, 3.8) is 0 Å². The van der Waals surface area contributed by atoms with Crippen molar-refractivity contribution in [2.45, 2.75) is 102 Å². The SMILES string of the molecule is CC1=C(C)C(C)C([Si](C)(C)C2c3c(C)c(C)c(C)c(C)c3-c3c(C)c(C)c(C)c(C)c32)=C1C. The lowest BCUT2D eigenvalue weighted by molar-refractivity contribution is 0.839. The van der Waals surface area contributed by atoms with Crippen molar-refractivity contribution in [1.29, 1.82) is 0 Å². The molecule has 1 unspecified atom stereocenters. The van der Waals surface area contributed by atoms with E-state index in [1.54, 1.807) is 38.6 Å². The second kappa shape index (κ2) is 7.57. The van der Waals surface area contributed by atoms with Crippen molar-refractivity contribution in [1.82, 2.24) is 0 Å². The van der Waals surface area contributed by atoms with Gasteiger partial charge in [-0.2, -0.15) is 0 Å². The fourth-order valence-electron chi connectivity index (χ4n) is 7.48. The van der Waals surface area contributed by atoms with Crippen molar-refractivity contribution in [3.8, 4) is 11.1 Å². The number of rotatable bonds is 2. The van der Waals surface area contributed by atoms with Crippen LogP contribution in [0.2, 0.25) is 13.1 Å². The minimum absolute atomic E-state index is 0.518. The van der Waals surface area contributed by atoms with Gasteiger partial charge < -0.3 is 0 Å². The van der Waals surface area contributed by atoms with Crippen LogP contribution < -0.4 is 0 Å². The van der Waals surface area contributed by atoms with E-state index in [-0.39, 0.29) is 0 Å². The number of hydrogen-bond acceptors (Lipinski definition) is 0. The van der Waals surface area contributed by atoms with Crippen molar-refractivity contribution >= 4 is 8.07 Å². The lowest BCUT2D eigenvalue weighted by atomic mass is 9.86. The molecule has 2 aromatic carbocycles. The zero-order valence-corrected chi connectivity index (χ0v) is 24.7. The molecule has 0 bridgehead atoms. The first-order chi connectivity index (χ1) is 15.2. The van der Waals surface area contributed by atoms with E-state index >= 15 is 0 Å². The lowest BCUT2D eigenvalue weighted by Crippen LogP contribution is -2.41. The monoisotopic (exact) mass is 456 g/mol. The van der Waals surface area contributed by atoms with E-state index in [4.69, 9.17) is 0 Å². The Hall–Kier alpha value is -1.86. The van der Waals surface area contributed by atoms with Gasteiger partial charge in [0, 0.05) is 5.54 Å². The average Bonchev–Trinajstić information content (AvgIpc) is 3.23. The van der Waals surface area contributed by atoms with E-state index in [0.717, 1.165) is 0 Å². The molecule has 1 heteroatoms. The molecular formula is C32H44Si. The molecule has 0 amide bonds. The van der Waals surface area contributed by atoms with Gasteiger partial charge in [-0.15, -0.1) is 0 Å². The van der Waals surface area contributed by atoms with E-state index < -0.39 is 8.07 Å². The Balaban J connectivity index is 2.18. The molecule has 33 heavy (non-hydrogen) atoms. The zero-order chi connectivity index (χ0) is 24.9. The van der Waals surface area contributed by atoms with Gasteiger partial charge in [0.25, 0.3) is 0 Å². The zero-order valence-electron chi connectivity index (χ0n) is 23.7. The maximum atomic E-state index is 2.67. The third-order valence-corrected chi connectivity index (χ3v) is 14.6. The largest absolute Gasteiger partial charge is 0.0888 e. The Labute approximate surface area is 204 Å². The molecule has 0 heterocycles. The first-order valence-corrected chi connectivity index (χ1v) is 15.8. The predicted octanol–water partition coefficient (Wildman–Crippen LogP) is 9.36. The van der Waals surface area contributed by atoms with E-state index in [1.807, 2.05) is 0 Å². The van der Waals surface area contributed by atoms with Gasteiger partial charge in [0.15, 0.2) is 0 Å². The van der Waals surface area contributed by atoms with Gasteiger partial charge in [-0.3, -0.25) is 0 Å². The van der Waals surface area contributed by atoms with Crippen LogP contribution in [0.3, 0.4) is 0 Å². The first-order valence-electron chi connectivity index (χ1n) is 12.8. The number of benzene rings is 2. The first kappa shape index (κ1) is 24.3. The minimum Gasteiger partial charge on any atom is -0.0700 e. The minimum atomic E-state index is -1.90. The van der Waals surface area contributed by atoms with Gasteiger partial charge >= 0.3 is 0 Å². The van der Waals surface area contributed by atoms with Crippen LogP contribution in [0.15, 0.2) is 21.9 Å². The molecule has 0 saturated carbocycles. The predicted molar refractivity (Wildman–Crippen MR) is 149 cm³/mol. The molecule has 0 fully saturated rings. The summed E-state index contributed by atoms with van der Waals surface area (Å²) in [7, 11) is -1.90. The fraction of sp³-hybridized carbons (Fsp3) is 0.500. The van der Waals surface area contributed by atoms with Crippen molar-refractivity contribution in [3.05, 3.63) is 77.6 Å². The van der Waals surface area contributed by atoms with Crippen LogP contribution >= 0.6 is 0 Å². The quantitative estimate of drug-likeness (QED) is 0.395. The van der Waals surface area contributed by atoms with Gasteiger partial charge in [-0.1, -0.05) is 36.4 Å². The van der Waals surface area contributed by atoms with Crippen LogP contribution in [-0.4, -0.2) is 8.07 Å². The van der Waals surface area contributed by atoms with Crippen LogP contribution in [0, 0.1) is 61.3 Å². The highest BCUT2D eigenvalue weighted by Crippen LogP contribution is 2.59. The van der Waals surface area contributed by atoms with Gasteiger partial charge in [-0.25, -0.2) is 0 Å². The summed E-state index contributed by atoms with van der Waals surface area (Å²) < 4.78 is 0. The highest BCUT2D eigenvalue weighted by molar-refractivity contribution is 6.86. The molecule has 0 aliphatic heterocycles. The summed E-state index contributed by atoms with van der Waals surface area (Å²) in [4.78, 5) is 0. The molecule has 2 aliphatic rings. The Morgan fingerprint density at radius 2 is 0.848 bits per heavy atom. The topological polar surface area (TPSA) is 0 Å². The molecule has 0 aromatic heterocycles. The fourth-order valence-corrected chi connectivity index (χ4v) is 12.4. The normalized spacial score (nSPS) is 18.5. The summed E-state index contributed by atoms with van der Waals surface area (Å²) in [6.07, 6.45) is 0. The molecule has 0 N–H and O–H groups in total. The smallest absolute Gasteiger partial charge is 0.0700 e. The lowest BCUT2D eigenvalue weighted by Gasteiger charge is -2.38. The average molecular weight is 457 g/mol. The Kier molecular flexibility index (Phi) is 5.57. The molecule has 0 saturated heterocycles. The molecule has 1 atom stereocenters. The number of allylic oxidation sites excluding steroid dienone is 4. The third-order valence-electron chi connectivity index (χ3n) is 10.4. The van der Waals surface area contributed by atoms with Gasteiger partial charge in [-0.05, 0) is 154 Å². The summed E-state index contributed by atoms with van der Waals surface area (Å²) in [6, 6.07) is 0.